The normalized spacial score (nSPS) is 20.0. The summed E-state index contributed by atoms with van der Waals surface area (Å²) in [5.41, 5.74) is 0.584. The summed E-state index contributed by atoms with van der Waals surface area (Å²) in [4.78, 5) is 11.9. The molecule has 6 heteroatoms. The number of ether oxygens (including phenoxy) is 2. The summed E-state index contributed by atoms with van der Waals surface area (Å²) < 4.78 is 11.1. The molecule has 25 heavy (non-hydrogen) atoms. The van der Waals surface area contributed by atoms with Gasteiger partial charge in [-0.1, -0.05) is 6.07 Å². The van der Waals surface area contributed by atoms with Crippen LogP contribution in [0.25, 0.3) is 0 Å². The molecular formula is C19H25N3O3. The minimum atomic E-state index is -0.0581. The summed E-state index contributed by atoms with van der Waals surface area (Å²) in [6, 6.07) is 7.72. The van der Waals surface area contributed by atoms with Crippen molar-refractivity contribution in [2.75, 3.05) is 20.3 Å². The highest BCUT2D eigenvalue weighted by Gasteiger charge is 2.22. The lowest BCUT2D eigenvalue weighted by Gasteiger charge is -2.28. The van der Waals surface area contributed by atoms with Gasteiger partial charge in [0.2, 0.25) is 0 Å². The van der Waals surface area contributed by atoms with Crippen LogP contribution in [-0.2, 0) is 0 Å². The summed E-state index contributed by atoms with van der Waals surface area (Å²) in [5.74, 6) is 2.73. The van der Waals surface area contributed by atoms with Gasteiger partial charge in [-0.15, -0.1) is 0 Å². The van der Waals surface area contributed by atoms with E-state index < -0.39 is 0 Å². The SMILES string of the molecule is COc1cccc(OC[C@H]2CC[C@@H](CNC(=O)c3cn[nH]c3)CC2)c1. The van der Waals surface area contributed by atoms with Gasteiger partial charge in [0.25, 0.3) is 5.91 Å². The van der Waals surface area contributed by atoms with Gasteiger partial charge in [0, 0.05) is 18.8 Å². The zero-order chi connectivity index (χ0) is 17.5. The van der Waals surface area contributed by atoms with Crippen LogP contribution >= 0.6 is 0 Å². The van der Waals surface area contributed by atoms with Crippen molar-refractivity contribution in [2.24, 2.45) is 11.8 Å². The third kappa shape index (κ3) is 4.98. The quantitative estimate of drug-likeness (QED) is 0.810. The van der Waals surface area contributed by atoms with Crippen molar-refractivity contribution >= 4 is 5.91 Å². The van der Waals surface area contributed by atoms with Gasteiger partial charge in [-0.2, -0.15) is 5.10 Å². The van der Waals surface area contributed by atoms with E-state index in [0.717, 1.165) is 50.3 Å². The maximum Gasteiger partial charge on any atom is 0.254 e. The van der Waals surface area contributed by atoms with Crippen LogP contribution in [0.15, 0.2) is 36.7 Å². The molecule has 1 aliphatic carbocycles. The lowest BCUT2D eigenvalue weighted by atomic mass is 9.82. The zero-order valence-corrected chi connectivity index (χ0v) is 14.5. The van der Waals surface area contributed by atoms with E-state index in [-0.39, 0.29) is 5.91 Å². The van der Waals surface area contributed by atoms with E-state index in [1.54, 1.807) is 19.5 Å². The van der Waals surface area contributed by atoms with Gasteiger partial charge in [0.05, 0.1) is 25.5 Å². The highest BCUT2D eigenvalue weighted by molar-refractivity contribution is 5.93. The molecule has 3 rings (SSSR count). The van der Waals surface area contributed by atoms with Crippen molar-refractivity contribution in [2.45, 2.75) is 25.7 Å². The minimum absolute atomic E-state index is 0.0581. The van der Waals surface area contributed by atoms with E-state index in [2.05, 4.69) is 15.5 Å². The molecule has 2 aromatic rings. The molecular weight excluding hydrogens is 318 g/mol. The first kappa shape index (κ1) is 17.3. The molecule has 1 amide bonds. The van der Waals surface area contributed by atoms with Crippen LogP contribution < -0.4 is 14.8 Å². The van der Waals surface area contributed by atoms with Crippen LogP contribution in [0, 0.1) is 11.8 Å². The predicted molar refractivity (Wildman–Crippen MR) is 94.9 cm³/mol. The molecule has 0 atom stereocenters. The molecule has 134 valence electrons. The van der Waals surface area contributed by atoms with Crippen molar-refractivity contribution in [1.82, 2.24) is 15.5 Å². The molecule has 1 aromatic heterocycles. The van der Waals surface area contributed by atoms with Gasteiger partial charge in [0.1, 0.15) is 11.5 Å². The van der Waals surface area contributed by atoms with Crippen molar-refractivity contribution in [3.63, 3.8) is 0 Å². The third-order valence-corrected chi connectivity index (χ3v) is 4.80. The highest BCUT2D eigenvalue weighted by atomic mass is 16.5. The number of carbonyl (C=O) groups is 1. The number of aromatic amines is 1. The predicted octanol–water partition coefficient (Wildman–Crippen LogP) is 3.03. The Bertz CT molecular complexity index is 664. The molecule has 6 nitrogen and oxygen atoms in total. The number of rotatable bonds is 7. The van der Waals surface area contributed by atoms with Gasteiger partial charge in [-0.3, -0.25) is 9.89 Å². The summed E-state index contributed by atoms with van der Waals surface area (Å²) in [5, 5.41) is 9.45. The first-order chi connectivity index (χ1) is 12.2. The fraction of sp³-hybridized carbons (Fsp3) is 0.474. The molecule has 2 N–H and O–H groups in total. The number of hydrogen-bond donors (Lipinski definition) is 2. The van der Waals surface area contributed by atoms with Crippen molar-refractivity contribution in [3.05, 3.63) is 42.2 Å². The first-order valence-corrected chi connectivity index (χ1v) is 8.78. The van der Waals surface area contributed by atoms with Crippen LogP contribution in [0.2, 0.25) is 0 Å². The molecule has 0 saturated heterocycles. The molecule has 0 bridgehead atoms. The Morgan fingerprint density at radius 3 is 2.72 bits per heavy atom. The summed E-state index contributed by atoms with van der Waals surface area (Å²) in [7, 11) is 1.66. The van der Waals surface area contributed by atoms with Gasteiger partial charge >= 0.3 is 0 Å². The Hall–Kier alpha value is -2.50. The fourth-order valence-electron chi connectivity index (χ4n) is 3.22. The Morgan fingerprint density at radius 1 is 1.24 bits per heavy atom. The second kappa shape index (κ2) is 8.55. The lowest BCUT2D eigenvalue weighted by molar-refractivity contribution is 0.0938. The van der Waals surface area contributed by atoms with Crippen LogP contribution in [0.1, 0.15) is 36.0 Å². The fourth-order valence-corrected chi connectivity index (χ4v) is 3.22. The highest BCUT2D eigenvalue weighted by Crippen LogP contribution is 2.29. The van der Waals surface area contributed by atoms with Crippen molar-refractivity contribution in [1.29, 1.82) is 0 Å². The average molecular weight is 343 g/mol. The standard InChI is InChI=1S/C19H25N3O3/c1-24-17-3-2-4-18(9-17)25-13-15-7-5-14(6-8-15)10-20-19(23)16-11-21-22-12-16/h2-4,9,11-12,14-15H,5-8,10,13H2,1H3,(H,20,23)(H,21,22)/t14-,15+. The van der Waals surface area contributed by atoms with E-state index in [0.29, 0.717) is 17.4 Å². The number of benzene rings is 1. The second-order valence-electron chi connectivity index (χ2n) is 6.57. The maximum atomic E-state index is 11.9. The Labute approximate surface area is 147 Å². The number of methoxy groups -OCH3 is 1. The number of H-pyrrole nitrogens is 1. The molecule has 1 fully saturated rings. The number of nitrogens with zero attached hydrogens (tertiary/aromatic N) is 1. The van der Waals surface area contributed by atoms with Gasteiger partial charge in [0.15, 0.2) is 0 Å². The van der Waals surface area contributed by atoms with Gasteiger partial charge in [-0.05, 0) is 49.7 Å². The molecule has 1 aromatic carbocycles. The zero-order valence-electron chi connectivity index (χ0n) is 14.5. The van der Waals surface area contributed by atoms with Crippen LogP contribution in [0.5, 0.6) is 11.5 Å². The lowest BCUT2D eigenvalue weighted by Crippen LogP contribution is -2.31. The third-order valence-electron chi connectivity index (χ3n) is 4.80. The van der Waals surface area contributed by atoms with Gasteiger partial charge in [-0.25, -0.2) is 0 Å². The number of carbonyl (C=O) groups excluding carboxylic acids is 1. The summed E-state index contributed by atoms with van der Waals surface area (Å²) >= 11 is 0. The largest absolute Gasteiger partial charge is 0.497 e. The topological polar surface area (TPSA) is 76.2 Å². The minimum Gasteiger partial charge on any atom is -0.497 e. The molecule has 1 aliphatic rings. The summed E-state index contributed by atoms with van der Waals surface area (Å²) in [6.45, 7) is 1.47. The van der Waals surface area contributed by atoms with E-state index in [1.807, 2.05) is 24.3 Å². The van der Waals surface area contributed by atoms with E-state index in [1.165, 1.54) is 0 Å². The van der Waals surface area contributed by atoms with Gasteiger partial charge < -0.3 is 14.8 Å². The van der Waals surface area contributed by atoms with Crippen LogP contribution in [0.3, 0.4) is 0 Å². The monoisotopic (exact) mass is 343 g/mol. The molecule has 1 saturated carbocycles. The van der Waals surface area contributed by atoms with Crippen LogP contribution in [-0.4, -0.2) is 36.4 Å². The van der Waals surface area contributed by atoms with E-state index in [9.17, 15) is 4.79 Å². The molecule has 0 aliphatic heterocycles. The molecule has 0 unspecified atom stereocenters. The second-order valence-corrected chi connectivity index (χ2v) is 6.57. The van der Waals surface area contributed by atoms with Crippen LogP contribution in [0.4, 0.5) is 0 Å². The Kier molecular flexibility index (Phi) is 5.93. The average Bonchev–Trinajstić information content (AvgIpc) is 3.20. The van der Waals surface area contributed by atoms with Crippen molar-refractivity contribution in [3.8, 4) is 11.5 Å². The smallest absolute Gasteiger partial charge is 0.254 e. The number of hydrogen-bond acceptors (Lipinski definition) is 4. The number of nitrogens with one attached hydrogen (secondary N) is 2. The molecule has 0 radical (unpaired) electrons. The Balaban J connectivity index is 1.36. The first-order valence-electron chi connectivity index (χ1n) is 8.78. The molecule has 1 heterocycles. The Morgan fingerprint density at radius 2 is 2.00 bits per heavy atom. The number of amides is 1. The maximum absolute atomic E-state index is 11.9. The number of aromatic nitrogens is 2. The summed E-state index contributed by atoms with van der Waals surface area (Å²) in [6.07, 6.45) is 7.67. The van der Waals surface area contributed by atoms with E-state index >= 15 is 0 Å². The molecule has 0 spiro atoms. The van der Waals surface area contributed by atoms with E-state index in [4.69, 9.17) is 9.47 Å². The van der Waals surface area contributed by atoms with Crippen molar-refractivity contribution < 1.29 is 14.3 Å².